The summed E-state index contributed by atoms with van der Waals surface area (Å²) in [6.45, 7) is 9.48. The predicted octanol–water partition coefficient (Wildman–Crippen LogP) is 3.86. The van der Waals surface area contributed by atoms with E-state index >= 15 is 0 Å². The first-order valence-corrected chi connectivity index (χ1v) is 12.0. The number of piperidine rings is 2. The van der Waals surface area contributed by atoms with Crippen LogP contribution in [0.3, 0.4) is 0 Å². The van der Waals surface area contributed by atoms with Crippen molar-refractivity contribution in [2.45, 2.75) is 76.5 Å². The van der Waals surface area contributed by atoms with Crippen LogP contribution in [-0.2, 0) is 16.0 Å². The minimum absolute atomic E-state index is 0.0768. The van der Waals surface area contributed by atoms with Gasteiger partial charge < -0.3 is 15.0 Å². The number of nitrogens with zero attached hydrogens (tertiary/aromatic N) is 1. The summed E-state index contributed by atoms with van der Waals surface area (Å²) in [6.07, 6.45) is 8.37. The summed E-state index contributed by atoms with van der Waals surface area (Å²) in [5.41, 5.74) is 4.54. The molecule has 3 atom stereocenters. The van der Waals surface area contributed by atoms with Crippen molar-refractivity contribution in [1.29, 1.82) is 0 Å². The van der Waals surface area contributed by atoms with E-state index in [-0.39, 0.29) is 28.7 Å². The first-order chi connectivity index (χ1) is 15.1. The van der Waals surface area contributed by atoms with Gasteiger partial charge in [0.1, 0.15) is 22.4 Å². The summed E-state index contributed by atoms with van der Waals surface area (Å²) >= 11 is 0. The average Bonchev–Trinajstić information content (AvgIpc) is 3.32. The van der Waals surface area contributed by atoms with Crippen molar-refractivity contribution < 1.29 is 14.3 Å². The van der Waals surface area contributed by atoms with Crippen LogP contribution in [0.4, 0.5) is 0 Å². The molecule has 166 valence electrons. The number of carbonyl (C=O) groups is 2. The number of hydrogen-bond donors (Lipinski definition) is 1. The zero-order chi connectivity index (χ0) is 22.3. The predicted molar refractivity (Wildman–Crippen MR) is 122 cm³/mol. The van der Waals surface area contributed by atoms with E-state index < -0.39 is 11.1 Å². The number of piperazine rings is 1. The van der Waals surface area contributed by atoms with Crippen LogP contribution in [0.5, 0.6) is 5.75 Å². The third kappa shape index (κ3) is 1.94. The number of rotatable bonds is 0. The zero-order valence-corrected chi connectivity index (χ0v) is 19.3. The van der Waals surface area contributed by atoms with Gasteiger partial charge in [0.2, 0.25) is 11.8 Å². The highest BCUT2D eigenvalue weighted by molar-refractivity contribution is 6.07. The Balaban J connectivity index is 1.39. The van der Waals surface area contributed by atoms with Crippen LogP contribution in [0.15, 0.2) is 23.8 Å². The molecule has 5 heterocycles. The molecule has 8 rings (SSSR count). The largest absolute Gasteiger partial charge is 0.483 e. The van der Waals surface area contributed by atoms with Crippen molar-refractivity contribution in [2.24, 2.45) is 11.3 Å². The fourth-order valence-corrected chi connectivity index (χ4v) is 7.93. The van der Waals surface area contributed by atoms with Crippen molar-refractivity contribution in [2.75, 3.05) is 6.54 Å². The van der Waals surface area contributed by atoms with E-state index in [4.69, 9.17) is 4.74 Å². The van der Waals surface area contributed by atoms with E-state index in [1.54, 1.807) is 0 Å². The molecule has 2 spiro atoms. The van der Waals surface area contributed by atoms with Gasteiger partial charge in [-0.15, -0.1) is 0 Å². The molecule has 1 unspecified atom stereocenters. The lowest BCUT2D eigenvalue weighted by Gasteiger charge is -2.64. The SMILES string of the molecule is CC1(C)C=Cc2c(ccc3c2CC2=C3C[C@@]34NC(=O)C5(CCCN5C3=O)C[C@H]4C2(C)C)O1. The van der Waals surface area contributed by atoms with Crippen LogP contribution < -0.4 is 10.1 Å². The minimum atomic E-state index is -0.808. The number of carbonyl (C=O) groups excluding carboxylic acids is 2. The lowest BCUT2D eigenvalue weighted by molar-refractivity contribution is -0.180. The number of amides is 2. The van der Waals surface area contributed by atoms with Gasteiger partial charge in [0, 0.05) is 24.4 Å². The summed E-state index contributed by atoms with van der Waals surface area (Å²) < 4.78 is 6.25. The number of benzene rings is 1. The highest BCUT2D eigenvalue weighted by atomic mass is 16.5. The molecule has 4 fully saturated rings. The normalized spacial score (nSPS) is 36.8. The van der Waals surface area contributed by atoms with Crippen LogP contribution in [0, 0.1) is 11.3 Å². The molecule has 0 radical (unpaired) electrons. The van der Waals surface area contributed by atoms with Crippen LogP contribution in [-0.4, -0.2) is 39.9 Å². The summed E-state index contributed by atoms with van der Waals surface area (Å²) in [5.74, 6) is 1.30. The summed E-state index contributed by atoms with van der Waals surface area (Å²) in [7, 11) is 0. The fourth-order valence-electron chi connectivity index (χ4n) is 7.93. The maximum absolute atomic E-state index is 13.9. The van der Waals surface area contributed by atoms with Crippen molar-refractivity contribution in [3.63, 3.8) is 0 Å². The van der Waals surface area contributed by atoms with Crippen molar-refractivity contribution in [1.82, 2.24) is 10.2 Å². The first kappa shape index (κ1) is 19.0. The zero-order valence-electron chi connectivity index (χ0n) is 19.3. The van der Waals surface area contributed by atoms with Crippen LogP contribution >= 0.6 is 0 Å². The average molecular weight is 431 g/mol. The molecule has 2 bridgehead atoms. The first-order valence-electron chi connectivity index (χ1n) is 12.0. The third-order valence-corrected chi connectivity index (χ3v) is 9.50. The molecular weight excluding hydrogens is 400 g/mol. The van der Waals surface area contributed by atoms with Gasteiger partial charge in [-0.1, -0.05) is 31.6 Å². The van der Waals surface area contributed by atoms with Gasteiger partial charge in [-0.3, -0.25) is 9.59 Å². The molecule has 1 aromatic rings. The maximum Gasteiger partial charge on any atom is 0.249 e. The minimum Gasteiger partial charge on any atom is -0.483 e. The number of fused-ring (bicyclic) bond motifs is 5. The molecular formula is C27H30N2O3. The van der Waals surface area contributed by atoms with E-state index in [2.05, 4.69) is 57.3 Å². The lowest BCUT2D eigenvalue weighted by Crippen LogP contribution is -2.83. The summed E-state index contributed by atoms with van der Waals surface area (Å²) in [6, 6.07) is 4.26. The van der Waals surface area contributed by atoms with E-state index in [0.717, 1.165) is 38.0 Å². The number of ether oxygens (including phenoxy) is 1. The Kier molecular flexibility index (Phi) is 3.15. The van der Waals surface area contributed by atoms with E-state index in [1.165, 1.54) is 27.8 Å². The standard InChI is InChI=1S/C27H30N2O3/c1-24(2)10-8-16-17-12-19-18(15(17)6-7-20(16)32-24)13-27-21(25(19,3)4)14-26(22(30)28-27)9-5-11-29(26)23(27)31/h6-8,10,21H,5,9,11-14H2,1-4H3,(H,28,30)/t21-,26?,27-/m0/s1. The van der Waals surface area contributed by atoms with E-state index in [0.29, 0.717) is 6.42 Å². The van der Waals surface area contributed by atoms with Crippen LogP contribution in [0.1, 0.15) is 70.1 Å². The van der Waals surface area contributed by atoms with Crippen LogP contribution in [0.25, 0.3) is 11.6 Å². The molecule has 1 aromatic carbocycles. The molecule has 0 saturated carbocycles. The van der Waals surface area contributed by atoms with Crippen LogP contribution in [0.2, 0.25) is 0 Å². The van der Waals surface area contributed by atoms with Gasteiger partial charge in [0.05, 0.1) is 0 Å². The van der Waals surface area contributed by atoms with Gasteiger partial charge in [-0.25, -0.2) is 0 Å². The highest BCUT2D eigenvalue weighted by Crippen LogP contribution is 2.64. The molecule has 5 aliphatic heterocycles. The molecule has 1 N–H and O–H groups in total. The number of nitrogens with one attached hydrogen (secondary N) is 1. The second kappa shape index (κ2) is 5.32. The number of allylic oxidation sites excluding steroid dienone is 1. The summed E-state index contributed by atoms with van der Waals surface area (Å²) in [4.78, 5) is 29.2. The molecule has 4 saturated heterocycles. The maximum atomic E-state index is 13.9. The second-order valence-corrected chi connectivity index (χ2v) is 11.8. The van der Waals surface area contributed by atoms with Crippen molar-refractivity contribution in [3.8, 4) is 5.75 Å². The molecule has 2 amide bonds. The van der Waals surface area contributed by atoms with Gasteiger partial charge in [-0.05, 0) is 73.8 Å². The summed E-state index contributed by atoms with van der Waals surface area (Å²) in [5, 5.41) is 3.31. The topological polar surface area (TPSA) is 58.6 Å². The quantitative estimate of drug-likeness (QED) is 0.680. The van der Waals surface area contributed by atoms with Gasteiger partial charge in [-0.2, -0.15) is 0 Å². The molecule has 5 heteroatoms. The Morgan fingerprint density at radius 1 is 1.16 bits per heavy atom. The second-order valence-electron chi connectivity index (χ2n) is 11.8. The van der Waals surface area contributed by atoms with Gasteiger partial charge in [0.25, 0.3) is 0 Å². The lowest BCUT2D eigenvalue weighted by atomic mass is 9.50. The monoisotopic (exact) mass is 430 g/mol. The smallest absolute Gasteiger partial charge is 0.249 e. The third-order valence-electron chi connectivity index (χ3n) is 9.50. The van der Waals surface area contributed by atoms with Crippen molar-refractivity contribution in [3.05, 3.63) is 40.5 Å². The number of hydrogen-bond acceptors (Lipinski definition) is 3. The van der Waals surface area contributed by atoms with E-state index in [1.807, 2.05) is 4.90 Å². The van der Waals surface area contributed by atoms with Crippen molar-refractivity contribution >= 4 is 23.5 Å². The molecule has 0 aromatic heterocycles. The Hall–Kier alpha value is -2.56. The highest BCUT2D eigenvalue weighted by Gasteiger charge is 2.72. The van der Waals surface area contributed by atoms with Gasteiger partial charge >= 0.3 is 0 Å². The molecule has 5 nitrogen and oxygen atoms in total. The molecule has 2 aliphatic carbocycles. The Morgan fingerprint density at radius 2 is 1.97 bits per heavy atom. The molecule has 32 heavy (non-hydrogen) atoms. The Morgan fingerprint density at radius 3 is 2.78 bits per heavy atom. The Bertz CT molecular complexity index is 1210. The van der Waals surface area contributed by atoms with E-state index in [9.17, 15) is 9.59 Å². The molecule has 7 aliphatic rings. The van der Waals surface area contributed by atoms with Gasteiger partial charge in [0.15, 0.2) is 0 Å². The Labute approximate surface area is 188 Å². The fraction of sp³-hybridized carbons (Fsp3) is 0.556.